The van der Waals surface area contributed by atoms with E-state index in [2.05, 4.69) is 22.4 Å². The molecular weight excluding hydrogens is 284 g/mol. The van der Waals surface area contributed by atoms with Crippen LogP contribution in [0.1, 0.15) is 21.6 Å². The summed E-state index contributed by atoms with van der Waals surface area (Å²) in [6.07, 6.45) is 1.74. The van der Waals surface area contributed by atoms with E-state index >= 15 is 0 Å². The van der Waals surface area contributed by atoms with Gasteiger partial charge in [-0.15, -0.1) is 0 Å². The van der Waals surface area contributed by atoms with Crippen LogP contribution in [0.2, 0.25) is 0 Å². The van der Waals surface area contributed by atoms with Crippen LogP contribution in [0.3, 0.4) is 0 Å². The molecule has 23 heavy (non-hydrogen) atoms. The van der Waals surface area contributed by atoms with E-state index in [0.29, 0.717) is 12.1 Å². The van der Waals surface area contributed by atoms with Gasteiger partial charge in [0.25, 0.3) is 5.91 Å². The number of carbonyl (C=O) groups is 1. The summed E-state index contributed by atoms with van der Waals surface area (Å²) in [5.41, 5.74) is 4.86. The number of hydrogen-bond acceptors (Lipinski definition) is 2. The van der Waals surface area contributed by atoms with Gasteiger partial charge in [0.05, 0.1) is 12.2 Å². The Morgan fingerprint density at radius 2 is 1.61 bits per heavy atom. The molecule has 3 rings (SSSR count). The summed E-state index contributed by atoms with van der Waals surface area (Å²) in [5.74, 6) is -0.0883. The van der Waals surface area contributed by atoms with Gasteiger partial charge in [0.15, 0.2) is 0 Å². The summed E-state index contributed by atoms with van der Waals surface area (Å²) in [5, 5.41) is 2.91. The first kappa shape index (κ1) is 15.0. The van der Waals surface area contributed by atoms with Gasteiger partial charge < -0.3 is 5.32 Å². The van der Waals surface area contributed by atoms with Crippen LogP contribution in [0.15, 0.2) is 72.9 Å². The molecule has 0 fully saturated rings. The largest absolute Gasteiger partial charge is 0.346 e. The maximum Gasteiger partial charge on any atom is 0.251 e. The van der Waals surface area contributed by atoms with Crippen LogP contribution in [-0.2, 0) is 6.54 Å². The lowest BCUT2D eigenvalue weighted by Crippen LogP contribution is -2.23. The second-order valence-corrected chi connectivity index (χ2v) is 5.39. The summed E-state index contributed by atoms with van der Waals surface area (Å²) in [6.45, 7) is 2.43. The van der Waals surface area contributed by atoms with Gasteiger partial charge in [-0.05, 0) is 41.8 Å². The van der Waals surface area contributed by atoms with Crippen LogP contribution in [0.25, 0.3) is 11.1 Å². The van der Waals surface area contributed by atoms with E-state index in [1.807, 2.05) is 61.5 Å². The van der Waals surface area contributed by atoms with Gasteiger partial charge in [-0.2, -0.15) is 0 Å². The Hall–Kier alpha value is -2.94. The van der Waals surface area contributed by atoms with Crippen molar-refractivity contribution >= 4 is 5.91 Å². The molecule has 1 aromatic heterocycles. The van der Waals surface area contributed by atoms with Gasteiger partial charge in [-0.3, -0.25) is 9.78 Å². The monoisotopic (exact) mass is 302 g/mol. The van der Waals surface area contributed by atoms with Crippen LogP contribution < -0.4 is 5.32 Å². The van der Waals surface area contributed by atoms with E-state index in [1.54, 1.807) is 6.20 Å². The molecule has 0 atom stereocenters. The lowest BCUT2D eigenvalue weighted by Gasteiger charge is -2.08. The van der Waals surface area contributed by atoms with Gasteiger partial charge in [-0.1, -0.05) is 48.5 Å². The van der Waals surface area contributed by atoms with Crippen molar-refractivity contribution in [3.8, 4) is 11.1 Å². The minimum atomic E-state index is -0.0883. The van der Waals surface area contributed by atoms with Crippen molar-refractivity contribution in [2.24, 2.45) is 0 Å². The fraction of sp³-hybridized carbons (Fsp3) is 0.100. The average molecular weight is 302 g/mol. The molecule has 0 spiro atoms. The van der Waals surface area contributed by atoms with Crippen molar-refractivity contribution in [2.45, 2.75) is 13.5 Å². The van der Waals surface area contributed by atoms with Gasteiger partial charge in [0.2, 0.25) is 0 Å². The maximum absolute atomic E-state index is 12.2. The van der Waals surface area contributed by atoms with E-state index < -0.39 is 0 Å². The summed E-state index contributed by atoms with van der Waals surface area (Å²) in [7, 11) is 0. The Kier molecular flexibility index (Phi) is 4.48. The van der Waals surface area contributed by atoms with Crippen molar-refractivity contribution in [1.29, 1.82) is 0 Å². The minimum Gasteiger partial charge on any atom is -0.346 e. The van der Waals surface area contributed by atoms with Gasteiger partial charge in [0, 0.05) is 11.8 Å². The number of aryl methyl sites for hydroxylation is 1. The summed E-state index contributed by atoms with van der Waals surface area (Å²) in [6, 6.07) is 21.6. The quantitative estimate of drug-likeness (QED) is 0.792. The SMILES string of the molecule is Cc1cccnc1CNC(=O)c1ccc(-c2ccccc2)cc1. The van der Waals surface area contributed by atoms with Crippen molar-refractivity contribution in [1.82, 2.24) is 10.3 Å². The topological polar surface area (TPSA) is 42.0 Å². The van der Waals surface area contributed by atoms with Crippen LogP contribution in [0.5, 0.6) is 0 Å². The first-order valence-corrected chi connectivity index (χ1v) is 7.58. The van der Waals surface area contributed by atoms with E-state index in [0.717, 1.165) is 22.4 Å². The second-order valence-electron chi connectivity index (χ2n) is 5.39. The molecule has 0 bridgehead atoms. The number of benzene rings is 2. The zero-order chi connectivity index (χ0) is 16.1. The van der Waals surface area contributed by atoms with Crippen molar-refractivity contribution < 1.29 is 4.79 Å². The molecule has 0 aliphatic rings. The molecule has 0 aliphatic carbocycles. The summed E-state index contributed by atoms with van der Waals surface area (Å²) in [4.78, 5) is 16.5. The highest BCUT2D eigenvalue weighted by molar-refractivity contribution is 5.94. The van der Waals surface area contributed by atoms with Gasteiger partial charge in [0.1, 0.15) is 0 Å². The molecular formula is C20H18N2O. The predicted octanol–water partition coefficient (Wildman–Crippen LogP) is 3.99. The number of pyridine rings is 1. The van der Waals surface area contributed by atoms with Crippen molar-refractivity contribution in [2.75, 3.05) is 0 Å². The number of nitrogens with zero attached hydrogens (tertiary/aromatic N) is 1. The third-order valence-corrected chi connectivity index (χ3v) is 3.79. The maximum atomic E-state index is 12.2. The Balaban J connectivity index is 1.67. The number of aromatic nitrogens is 1. The van der Waals surface area contributed by atoms with Crippen molar-refractivity contribution in [3.05, 3.63) is 89.7 Å². The highest BCUT2D eigenvalue weighted by Crippen LogP contribution is 2.19. The fourth-order valence-corrected chi connectivity index (χ4v) is 2.41. The molecule has 3 heteroatoms. The molecule has 0 saturated carbocycles. The van der Waals surface area contributed by atoms with Crippen LogP contribution >= 0.6 is 0 Å². The Labute approximate surface area is 136 Å². The number of nitrogens with one attached hydrogen (secondary N) is 1. The Morgan fingerprint density at radius 1 is 0.913 bits per heavy atom. The third kappa shape index (κ3) is 3.64. The molecule has 1 N–H and O–H groups in total. The predicted molar refractivity (Wildman–Crippen MR) is 92.0 cm³/mol. The highest BCUT2D eigenvalue weighted by atomic mass is 16.1. The smallest absolute Gasteiger partial charge is 0.251 e. The third-order valence-electron chi connectivity index (χ3n) is 3.79. The lowest BCUT2D eigenvalue weighted by molar-refractivity contribution is 0.0950. The fourth-order valence-electron chi connectivity index (χ4n) is 2.41. The van der Waals surface area contributed by atoms with Gasteiger partial charge in [-0.25, -0.2) is 0 Å². The number of rotatable bonds is 4. The molecule has 0 aliphatic heterocycles. The van der Waals surface area contributed by atoms with Gasteiger partial charge >= 0.3 is 0 Å². The van der Waals surface area contributed by atoms with E-state index in [4.69, 9.17) is 0 Å². The number of hydrogen-bond donors (Lipinski definition) is 1. The molecule has 0 unspecified atom stereocenters. The Bertz CT molecular complexity index is 795. The van der Waals surface area contributed by atoms with E-state index in [9.17, 15) is 4.79 Å². The zero-order valence-electron chi connectivity index (χ0n) is 13.0. The van der Waals surface area contributed by atoms with E-state index in [-0.39, 0.29) is 5.91 Å². The summed E-state index contributed by atoms with van der Waals surface area (Å²) >= 11 is 0. The second kappa shape index (κ2) is 6.88. The van der Waals surface area contributed by atoms with Crippen LogP contribution in [0.4, 0.5) is 0 Å². The summed E-state index contributed by atoms with van der Waals surface area (Å²) < 4.78 is 0. The molecule has 1 amide bonds. The molecule has 0 saturated heterocycles. The first-order chi connectivity index (χ1) is 11.2. The highest BCUT2D eigenvalue weighted by Gasteiger charge is 2.07. The Morgan fingerprint density at radius 3 is 2.30 bits per heavy atom. The zero-order valence-corrected chi connectivity index (χ0v) is 13.0. The lowest BCUT2D eigenvalue weighted by atomic mass is 10.0. The molecule has 3 nitrogen and oxygen atoms in total. The van der Waals surface area contributed by atoms with E-state index in [1.165, 1.54) is 0 Å². The van der Waals surface area contributed by atoms with Crippen LogP contribution in [0, 0.1) is 6.92 Å². The standard InChI is InChI=1S/C20H18N2O/c1-15-6-5-13-21-19(15)14-22-20(23)18-11-9-17(10-12-18)16-7-3-2-4-8-16/h2-13H,14H2,1H3,(H,22,23). The molecule has 1 heterocycles. The minimum absolute atomic E-state index is 0.0883. The number of carbonyl (C=O) groups excluding carboxylic acids is 1. The molecule has 114 valence electrons. The van der Waals surface area contributed by atoms with Crippen molar-refractivity contribution in [3.63, 3.8) is 0 Å². The number of amides is 1. The first-order valence-electron chi connectivity index (χ1n) is 7.58. The normalized spacial score (nSPS) is 10.3. The van der Waals surface area contributed by atoms with Crippen LogP contribution in [-0.4, -0.2) is 10.9 Å². The molecule has 3 aromatic rings. The average Bonchev–Trinajstić information content (AvgIpc) is 2.62. The molecule has 0 radical (unpaired) electrons. The molecule has 2 aromatic carbocycles.